The number of hydrogen-bond acceptors (Lipinski definition) is 5. The van der Waals surface area contributed by atoms with Gasteiger partial charge in [0.15, 0.2) is 5.13 Å². The van der Waals surface area contributed by atoms with Gasteiger partial charge in [-0.05, 0) is 50.3 Å². The number of aromatic nitrogens is 1. The van der Waals surface area contributed by atoms with Gasteiger partial charge in [-0.3, -0.25) is 9.69 Å². The van der Waals surface area contributed by atoms with Gasteiger partial charge in [-0.2, -0.15) is 0 Å². The van der Waals surface area contributed by atoms with Crippen LogP contribution in [-0.4, -0.2) is 49.1 Å². The van der Waals surface area contributed by atoms with Gasteiger partial charge in [0.1, 0.15) is 5.75 Å². The van der Waals surface area contributed by atoms with E-state index in [1.807, 2.05) is 49.4 Å². The molecule has 1 aromatic heterocycles. The highest BCUT2D eigenvalue weighted by atomic mass is 32.1. The van der Waals surface area contributed by atoms with Crippen molar-refractivity contribution in [2.75, 3.05) is 38.2 Å². The highest BCUT2D eigenvalue weighted by Gasteiger charge is 2.22. The first-order valence-electron chi connectivity index (χ1n) is 9.61. The van der Waals surface area contributed by atoms with Crippen molar-refractivity contribution in [1.82, 2.24) is 9.88 Å². The molecule has 1 heterocycles. The SMILES string of the molecule is CCN(CC)CCN(C(=O)c1ccc(C)cc1)c1nc2ccc(OC)cc2s1. The van der Waals surface area contributed by atoms with Gasteiger partial charge in [0, 0.05) is 18.7 Å². The molecule has 2 aromatic carbocycles. The summed E-state index contributed by atoms with van der Waals surface area (Å²) in [6.45, 7) is 9.63. The Hall–Kier alpha value is -2.44. The zero-order valence-electron chi connectivity index (χ0n) is 16.9. The Morgan fingerprint density at radius 1 is 1.07 bits per heavy atom. The van der Waals surface area contributed by atoms with Crippen molar-refractivity contribution in [3.8, 4) is 5.75 Å². The van der Waals surface area contributed by atoms with Gasteiger partial charge in [-0.1, -0.05) is 42.9 Å². The molecule has 0 fully saturated rings. The molecule has 6 heteroatoms. The van der Waals surface area contributed by atoms with Crippen LogP contribution in [0.4, 0.5) is 5.13 Å². The lowest BCUT2D eigenvalue weighted by Crippen LogP contribution is -2.38. The number of aryl methyl sites for hydroxylation is 1. The van der Waals surface area contributed by atoms with E-state index in [1.54, 1.807) is 12.0 Å². The van der Waals surface area contributed by atoms with Gasteiger partial charge in [0.25, 0.3) is 5.91 Å². The van der Waals surface area contributed by atoms with Gasteiger partial charge in [-0.15, -0.1) is 0 Å². The van der Waals surface area contributed by atoms with E-state index in [9.17, 15) is 4.79 Å². The Labute approximate surface area is 170 Å². The topological polar surface area (TPSA) is 45.7 Å². The first kappa shape index (κ1) is 20.3. The number of amides is 1. The van der Waals surface area contributed by atoms with E-state index in [1.165, 1.54) is 11.3 Å². The van der Waals surface area contributed by atoms with Gasteiger partial charge in [0.05, 0.1) is 17.3 Å². The number of rotatable bonds is 8. The van der Waals surface area contributed by atoms with Crippen LogP contribution in [0.1, 0.15) is 29.8 Å². The number of thiazole rings is 1. The molecule has 5 nitrogen and oxygen atoms in total. The summed E-state index contributed by atoms with van der Waals surface area (Å²) in [7, 11) is 1.65. The molecule has 0 unspecified atom stereocenters. The Bertz CT molecular complexity index is 933. The number of fused-ring (bicyclic) bond motifs is 1. The number of benzene rings is 2. The van der Waals surface area contributed by atoms with E-state index in [2.05, 4.69) is 18.7 Å². The number of carbonyl (C=O) groups is 1. The molecule has 0 aliphatic carbocycles. The molecule has 0 atom stereocenters. The molecular formula is C22H27N3O2S. The van der Waals surface area contributed by atoms with Crippen LogP contribution in [0.5, 0.6) is 5.75 Å². The molecule has 0 aliphatic rings. The van der Waals surface area contributed by atoms with Crippen molar-refractivity contribution in [2.45, 2.75) is 20.8 Å². The van der Waals surface area contributed by atoms with Crippen molar-refractivity contribution in [3.63, 3.8) is 0 Å². The van der Waals surface area contributed by atoms with Crippen LogP contribution in [0.3, 0.4) is 0 Å². The molecule has 1 amide bonds. The molecule has 3 aromatic rings. The summed E-state index contributed by atoms with van der Waals surface area (Å²) in [5.74, 6) is 0.778. The third-order valence-electron chi connectivity index (χ3n) is 4.89. The second-order valence-corrected chi connectivity index (χ2v) is 7.69. The molecular weight excluding hydrogens is 370 g/mol. The lowest BCUT2D eigenvalue weighted by Gasteiger charge is -2.24. The van der Waals surface area contributed by atoms with Crippen LogP contribution in [0.2, 0.25) is 0 Å². The van der Waals surface area contributed by atoms with Crippen LogP contribution < -0.4 is 9.64 Å². The first-order chi connectivity index (χ1) is 13.5. The molecule has 0 radical (unpaired) electrons. The minimum atomic E-state index is -0.0156. The third-order valence-corrected chi connectivity index (χ3v) is 5.93. The van der Waals surface area contributed by atoms with Gasteiger partial charge in [0.2, 0.25) is 0 Å². The van der Waals surface area contributed by atoms with Crippen molar-refractivity contribution in [2.24, 2.45) is 0 Å². The normalized spacial score (nSPS) is 11.2. The smallest absolute Gasteiger partial charge is 0.260 e. The Balaban J connectivity index is 1.94. The van der Waals surface area contributed by atoms with E-state index < -0.39 is 0 Å². The average Bonchev–Trinajstić information content (AvgIpc) is 3.14. The lowest BCUT2D eigenvalue weighted by molar-refractivity contribution is 0.0984. The number of likely N-dealkylation sites (N-methyl/N-ethyl adjacent to an activating group) is 1. The number of methoxy groups -OCH3 is 1. The van der Waals surface area contributed by atoms with Crippen molar-refractivity contribution >= 4 is 32.6 Å². The molecule has 0 saturated heterocycles. The monoisotopic (exact) mass is 397 g/mol. The molecule has 28 heavy (non-hydrogen) atoms. The standard InChI is InChI=1S/C22H27N3O2S/c1-5-24(6-2)13-14-25(21(26)17-9-7-16(3)8-10-17)22-23-19-12-11-18(27-4)15-20(19)28-22/h7-12,15H,5-6,13-14H2,1-4H3. The minimum Gasteiger partial charge on any atom is -0.497 e. The summed E-state index contributed by atoms with van der Waals surface area (Å²) < 4.78 is 6.33. The largest absolute Gasteiger partial charge is 0.497 e. The Morgan fingerprint density at radius 2 is 1.79 bits per heavy atom. The van der Waals surface area contributed by atoms with E-state index in [-0.39, 0.29) is 5.91 Å². The summed E-state index contributed by atoms with van der Waals surface area (Å²) in [6.07, 6.45) is 0. The van der Waals surface area contributed by atoms with Crippen molar-refractivity contribution < 1.29 is 9.53 Å². The van der Waals surface area contributed by atoms with Crippen LogP contribution in [0.15, 0.2) is 42.5 Å². The van der Waals surface area contributed by atoms with Gasteiger partial charge in [-0.25, -0.2) is 4.98 Å². The molecule has 148 valence electrons. The van der Waals surface area contributed by atoms with Crippen LogP contribution in [-0.2, 0) is 0 Å². The summed E-state index contributed by atoms with van der Waals surface area (Å²) >= 11 is 1.52. The van der Waals surface area contributed by atoms with Crippen LogP contribution in [0.25, 0.3) is 10.2 Å². The highest BCUT2D eigenvalue weighted by molar-refractivity contribution is 7.22. The second kappa shape index (κ2) is 9.17. The van der Waals surface area contributed by atoms with Crippen molar-refractivity contribution in [3.05, 3.63) is 53.6 Å². The maximum absolute atomic E-state index is 13.3. The van der Waals surface area contributed by atoms with Gasteiger partial charge < -0.3 is 9.64 Å². The molecule has 0 bridgehead atoms. The maximum Gasteiger partial charge on any atom is 0.260 e. The highest BCUT2D eigenvalue weighted by Crippen LogP contribution is 2.32. The molecule has 0 saturated carbocycles. The summed E-state index contributed by atoms with van der Waals surface area (Å²) in [5, 5.41) is 0.723. The zero-order chi connectivity index (χ0) is 20.1. The maximum atomic E-state index is 13.3. The fraction of sp³-hybridized carbons (Fsp3) is 0.364. The minimum absolute atomic E-state index is 0.0156. The Morgan fingerprint density at radius 3 is 2.43 bits per heavy atom. The quantitative estimate of drug-likeness (QED) is 0.557. The fourth-order valence-electron chi connectivity index (χ4n) is 3.05. The van der Waals surface area contributed by atoms with Crippen LogP contribution in [0, 0.1) is 6.92 Å². The fourth-order valence-corrected chi connectivity index (χ4v) is 4.07. The van der Waals surface area contributed by atoms with Crippen LogP contribution >= 0.6 is 11.3 Å². The number of carbonyl (C=O) groups excluding carboxylic acids is 1. The van der Waals surface area contributed by atoms with E-state index in [0.717, 1.165) is 46.3 Å². The first-order valence-corrected chi connectivity index (χ1v) is 10.4. The number of ether oxygens (including phenoxy) is 1. The lowest BCUT2D eigenvalue weighted by atomic mass is 10.1. The molecule has 0 aliphatic heterocycles. The number of nitrogens with zero attached hydrogens (tertiary/aromatic N) is 3. The predicted molar refractivity (Wildman–Crippen MR) is 117 cm³/mol. The van der Waals surface area contributed by atoms with E-state index >= 15 is 0 Å². The summed E-state index contributed by atoms with van der Waals surface area (Å²) in [4.78, 5) is 22.1. The number of anilines is 1. The predicted octanol–water partition coefficient (Wildman–Crippen LogP) is 4.60. The average molecular weight is 398 g/mol. The molecule has 0 spiro atoms. The summed E-state index contributed by atoms with van der Waals surface area (Å²) in [6, 6.07) is 13.5. The second-order valence-electron chi connectivity index (χ2n) is 6.68. The van der Waals surface area contributed by atoms with Crippen molar-refractivity contribution in [1.29, 1.82) is 0 Å². The molecule has 3 rings (SSSR count). The van der Waals surface area contributed by atoms with E-state index in [4.69, 9.17) is 9.72 Å². The Kier molecular flexibility index (Phi) is 6.65. The molecule has 0 N–H and O–H groups in total. The zero-order valence-corrected chi connectivity index (χ0v) is 17.8. The number of hydrogen-bond donors (Lipinski definition) is 0. The van der Waals surface area contributed by atoms with E-state index in [0.29, 0.717) is 12.1 Å². The van der Waals surface area contributed by atoms with Gasteiger partial charge >= 0.3 is 0 Å². The summed E-state index contributed by atoms with van der Waals surface area (Å²) in [5.41, 5.74) is 2.70. The third kappa shape index (κ3) is 4.51.